The van der Waals surface area contributed by atoms with E-state index in [9.17, 15) is 4.39 Å². The standard InChI is InChI=1S/C12H13BFN2O3/c14-9-5-4-8-7-15-16(10-3-1-2-6-18-10)11(8)12(9)19-13-17/h4-5,7,10,17H,1-3,6H2. The van der Waals surface area contributed by atoms with Gasteiger partial charge in [0.25, 0.3) is 0 Å². The van der Waals surface area contributed by atoms with E-state index in [4.69, 9.17) is 14.4 Å². The van der Waals surface area contributed by atoms with Crippen LogP contribution < -0.4 is 4.65 Å². The molecule has 1 N–H and O–H groups in total. The number of fused-ring (bicyclic) bond motifs is 1. The van der Waals surface area contributed by atoms with Crippen LogP contribution in [0.1, 0.15) is 25.5 Å². The molecule has 1 saturated heterocycles. The molecule has 7 heteroatoms. The van der Waals surface area contributed by atoms with E-state index in [1.54, 1.807) is 16.9 Å². The first-order valence-electron chi connectivity index (χ1n) is 6.21. The number of rotatable bonds is 3. The Morgan fingerprint density at radius 1 is 1.47 bits per heavy atom. The third kappa shape index (κ3) is 2.19. The molecule has 1 aromatic heterocycles. The Kier molecular flexibility index (Phi) is 3.39. The Hall–Kier alpha value is -1.60. The van der Waals surface area contributed by atoms with E-state index in [-0.39, 0.29) is 12.0 Å². The smallest absolute Gasteiger partial charge is 0.534 e. The SMILES string of the molecule is O[B]Oc1c(F)ccc2cnn(C3CCCCO3)c12. The van der Waals surface area contributed by atoms with E-state index in [0.29, 0.717) is 19.8 Å². The Morgan fingerprint density at radius 2 is 2.37 bits per heavy atom. The van der Waals surface area contributed by atoms with Gasteiger partial charge in [0.15, 0.2) is 17.8 Å². The minimum Gasteiger partial charge on any atom is -0.534 e. The van der Waals surface area contributed by atoms with Crippen molar-refractivity contribution in [3.63, 3.8) is 0 Å². The van der Waals surface area contributed by atoms with E-state index in [1.807, 2.05) is 0 Å². The molecule has 1 aliphatic heterocycles. The van der Waals surface area contributed by atoms with Gasteiger partial charge in [0.2, 0.25) is 0 Å². The number of ether oxygens (including phenoxy) is 1. The van der Waals surface area contributed by atoms with E-state index in [2.05, 4.69) is 5.10 Å². The summed E-state index contributed by atoms with van der Waals surface area (Å²) in [5, 5.41) is 13.8. The van der Waals surface area contributed by atoms with Crippen LogP contribution in [-0.2, 0) is 4.74 Å². The number of benzene rings is 1. The summed E-state index contributed by atoms with van der Waals surface area (Å²) in [6.07, 6.45) is 4.32. The molecule has 99 valence electrons. The number of aromatic nitrogens is 2. The van der Waals surface area contributed by atoms with Gasteiger partial charge in [-0.05, 0) is 31.4 Å². The first-order chi connectivity index (χ1) is 9.31. The average Bonchev–Trinajstić information content (AvgIpc) is 2.87. The second-order valence-electron chi connectivity index (χ2n) is 4.45. The van der Waals surface area contributed by atoms with Crippen LogP contribution in [0.25, 0.3) is 10.9 Å². The van der Waals surface area contributed by atoms with Crippen molar-refractivity contribution in [1.29, 1.82) is 0 Å². The molecular formula is C12H13BFN2O3. The van der Waals surface area contributed by atoms with Crippen LogP contribution in [0.4, 0.5) is 4.39 Å². The van der Waals surface area contributed by atoms with E-state index in [1.165, 1.54) is 6.07 Å². The average molecular weight is 263 g/mol. The molecular weight excluding hydrogens is 250 g/mol. The lowest BCUT2D eigenvalue weighted by Gasteiger charge is -2.24. The maximum absolute atomic E-state index is 13.8. The maximum Gasteiger partial charge on any atom is 0.569 e. The molecule has 19 heavy (non-hydrogen) atoms. The summed E-state index contributed by atoms with van der Waals surface area (Å²) >= 11 is 0. The Balaban J connectivity index is 2.11. The molecule has 0 aliphatic carbocycles. The van der Waals surface area contributed by atoms with Crippen LogP contribution in [0, 0.1) is 5.82 Å². The van der Waals surface area contributed by atoms with Gasteiger partial charge in [0.05, 0.1) is 6.20 Å². The molecule has 0 saturated carbocycles. The number of halogens is 1. The minimum absolute atomic E-state index is 0.0355. The number of hydrogen-bond acceptors (Lipinski definition) is 4. The fraction of sp³-hybridized carbons (Fsp3) is 0.417. The van der Waals surface area contributed by atoms with E-state index in [0.717, 1.165) is 24.6 Å². The fourth-order valence-electron chi connectivity index (χ4n) is 2.38. The zero-order chi connectivity index (χ0) is 13.2. The van der Waals surface area contributed by atoms with Crippen LogP contribution in [0.5, 0.6) is 5.75 Å². The van der Waals surface area contributed by atoms with Gasteiger partial charge in [-0.25, -0.2) is 9.07 Å². The number of hydrogen-bond donors (Lipinski definition) is 1. The normalized spacial score (nSPS) is 19.6. The molecule has 5 nitrogen and oxygen atoms in total. The van der Waals surface area contributed by atoms with Crippen LogP contribution in [0.15, 0.2) is 18.3 Å². The zero-order valence-electron chi connectivity index (χ0n) is 10.3. The van der Waals surface area contributed by atoms with Gasteiger partial charge < -0.3 is 14.4 Å². The van der Waals surface area contributed by atoms with Crippen molar-refractivity contribution in [2.45, 2.75) is 25.5 Å². The lowest BCUT2D eigenvalue weighted by atomic mass is 10.1. The van der Waals surface area contributed by atoms with Crippen LogP contribution >= 0.6 is 0 Å². The molecule has 0 amide bonds. The summed E-state index contributed by atoms with van der Waals surface area (Å²) in [5.74, 6) is -0.581. The van der Waals surface area contributed by atoms with Crippen molar-refractivity contribution in [3.05, 3.63) is 24.1 Å². The molecule has 3 rings (SSSR count). The maximum atomic E-state index is 13.8. The first-order valence-corrected chi connectivity index (χ1v) is 6.21. The third-order valence-corrected chi connectivity index (χ3v) is 3.26. The van der Waals surface area contributed by atoms with Crippen molar-refractivity contribution in [2.75, 3.05) is 6.61 Å². The predicted octanol–water partition coefficient (Wildman–Crippen LogP) is 1.78. The zero-order valence-corrected chi connectivity index (χ0v) is 10.3. The van der Waals surface area contributed by atoms with Crippen molar-refractivity contribution < 1.29 is 18.8 Å². The van der Waals surface area contributed by atoms with E-state index >= 15 is 0 Å². The molecule has 0 spiro atoms. The monoisotopic (exact) mass is 263 g/mol. The van der Waals surface area contributed by atoms with Gasteiger partial charge >= 0.3 is 7.69 Å². The Morgan fingerprint density at radius 3 is 3.11 bits per heavy atom. The van der Waals surface area contributed by atoms with Gasteiger partial charge in [-0.3, -0.25) is 0 Å². The topological polar surface area (TPSA) is 56.5 Å². The van der Waals surface area contributed by atoms with Crippen molar-refractivity contribution >= 4 is 18.6 Å². The van der Waals surface area contributed by atoms with Crippen molar-refractivity contribution in [3.8, 4) is 5.75 Å². The van der Waals surface area contributed by atoms with Gasteiger partial charge in [-0.1, -0.05) is 0 Å². The van der Waals surface area contributed by atoms with E-state index < -0.39 is 5.82 Å². The molecule has 1 atom stereocenters. The largest absolute Gasteiger partial charge is 0.569 e. The molecule has 2 heterocycles. The quantitative estimate of drug-likeness (QED) is 0.857. The van der Waals surface area contributed by atoms with Crippen molar-refractivity contribution in [2.24, 2.45) is 0 Å². The predicted molar refractivity (Wildman–Crippen MR) is 67.1 cm³/mol. The van der Waals surface area contributed by atoms with Gasteiger partial charge in [0.1, 0.15) is 5.52 Å². The van der Waals surface area contributed by atoms with Crippen LogP contribution in [0.2, 0.25) is 0 Å². The summed E-state index contributed by atoms with van der Waals surface area (Å²) in [6.45, 7) is 0.670. The molecule has 0 bridgehead atoms. The number of nitrogens with zero attached hydrogens (tertiary/aromatic N) is 2. The fourth-order valence-corrected chi connectivity index (χ4v) is 2.38. The lowest BCUT2D eigenvalue weighted by Crippen LogP contribution is -2.19. The highest BCUT2D eigenvalue weighted by Gasteiger charge is 2.22. The summed E-state index contributed by atoms with van der Waals surface area (Å²) in [6, 6.07) is 2.91. The summed E-state index contributed by atoms with van der Waals surface area (Å²) in [4.78, 5) is 0. The molecule has 1 aliphatic rings. The third-order valence-electron chi connectivity index (χ3n) is 3.26. The lowest BCUT2D eigenvalue weighted by molar-refractivity contribution is -0.0368. The molecule has 1 aromatic carbocycles. The molecule has 1 unspecified atom stereocenters. The summed E-state index contributed by atoms with van der Waals surface area (Å²) in [5.41, 5.74) is 0.497. The summed E-state index contributed by atoms with van der Waals surface area (Å²) in [7, 11) is 0.469. The molecule has 1 radical (unpaired) electrons. The second-order valence-corrected chi connectivity index (χ2v) is 4.45. The summed E-state index contributed by atoms with van der Waals surface area (Å²) < 4.78 is 25.9. The first kappa shape index (κ1) is 12.4. The van der Waals surface area contributed by atoms with Crippen LogP contribution in [-0.4, -0.2) is 29.1 Å². The Bertz CT molecular complexity index is 584. The molecule has 1 fully saturated rings. The minimum atomic E-state index is -0.546. The second kappa shape index (κ2) is 5.18. The highest BCUT2D eigenvalue weighted by Crippen LogP contribution is 2.33. The highest BCUT2D eigenvalue weighted by atomic mass is 19.1. The van der Waals surface area contributed by atoms with Gasteiger partial charge in [-0.2, -0.15) is 5.10 Å². The van der Waals surface area contributed by atoms with Gasteiger partial charge in [-0.15, -0.1) is 0 Å². The molecule has 2 aromatic rings. The van der Waals surface area contributed by atoms with Crippen LogP contribution in [0.3, 0.4) is 0 Å². The van der Waals surface area contributed by atoms with Crippen molar-refractivity contribution in [1.82, 2.24) is 9.78 Å². The highest BCUT2D eigenvalue weighted by molar-refractivity contribution is 6.18. The van der Waals surface area contributed by atoms with Gasteiger partial charge in [0, 0.05) is 12.0 Å². The Labute approximate surface area is 110 Å².